The number of nitrogens with two attached hydrogens (primary N) is 1. The molecule has 0 saturated carbocycles. The molecule has 0 aliphatic carbocycles. The van der Waals surface area contributed by atoms with Crippen LogP contribution in [0.1, 0.15) is 20.8 Å². The van der Waals surface area contributed by atoms with Crippen LogP contribution < -0.4 is 10.5 Å². The zero-order valence-electron chi connectivity index (χ0n) is 8.16. The molecule has 13 heavy (non-hydrogen) atoms. The van der Waals surface area contributed by atoms with Crippen molar-refractivity contribution in [3.05, 3.63) is 18.2 Å². The number of phenolic OH excluding ortho intramolecular Hbond substituents is 1. The summed E-state index contributed by atoms with van der Waals surface area (Å²) < 4.78 is 5.48. The van der Waals surface area contributed by atoms with E-state index in [1.54, 1.807) is 12.1 Å². The Balaban J connectivity index is 2.90. The third-order valence-electron chi connectivity index (χ3n) is 1.40. The standard InChI is InChI=1S/C10H15NO2/c1-10(2,3)13-9-5-4-7(11)6-8(9)12/h4-6,12H,11H2,1-3H3. The van der Waals surface area contributed by atoms with Gasteiger partial charge in [0.25, 0.3) is 0 Å². The van der Waals surface area contributed by atoms with E-state index >= 15 is 0 Å². The van der Waals surface area contributed by atoms with Gasteiger partial charge in [-0.1, -0.05) is 0 Å². The first-order valence-corrected chi connectivity index (χ1v) is 4.16. The molecule has 0 heterocycles. The molecule has 0 fully saturated rings. The van der Waals surface area contributed by atoms with Gasteiger partial charge >= 0.3 is 0 Å². The van der Waals surface area contributed by atoms with Gasteiger partial charge in [-0.15, -0.1) is 0 Å². The number of ether oxygens (including phenoxy) is 1. The summed E-state index contributed by atoms with van der Waals surface area (Å²) in [4.78, 5) is 0. The van der Waals surface area contributed by atoms with E-state index in [1.165, 1.54) is 6.07 Å². The zero-order valence-corrected chi connectivity index (χ0v) is 8.16. The number of nitrogen functional groups attached to an aromatic ring is 1. The van der Waals surface area contributed by atoms with Crippen LogP contribution in [0.15, 0.2) is 18.2 Å². The van der Waals surface area contributed by atoms with Crippen molar-refractivity contribution in [3.8, 4) is 11.5 Å². The second-order valence-corrected chi connectivity index (χ2v) is 3.94. The zero-order chi connectivity index (χ0) is 10.1. The van der Waals surface area contributed by atoms with E-state index in [1.807, 2.05) is 20.8 Å². The van der Waals surface area contributed by atoms with Crippen LogP contribution in [0.2, 0.25) is 0 Å². The van der Waals surface area contributed by atoms with Gasteiger partial charge < -0.3 is 15.6 Å². The van der Waals surface area contributed by atoms with Gasteiger partial charge in [-0.25, -0.2) is 0 Å². The summed E-state index contributed by atoms with van der Waals surface area (Å²) in [6.07, 6.45) is 0. The average Bonchev–Trinajstić information content (AvgIpc) is 1.93. The van der Waals surface area contributed by atoms with Crippen LogP contribution in [0.5, 0.6) is 11.5 Å². The lowest BCUT2D eigenvalue weighted by Gasteiger charge is -2.21. The van der Waals surface area contributed by atoms with Crippen molar-refractivity contribution >= 4 is 5.69 Å². The summed E-state index contributed by atoms with van der Waals surface area (Å²) in [7, 11) is 0. The van der Waals surface area contributed by atoms with Gasteiger partial charge in [0.1, 0.15) is 5.60 Å². The third-order valence-corrected chi connectivity index (χ3v) is 1.40. The molecule has 0 aliphatic rings. The molecule has 3 heteroatoms. The molecule has 72 valence electrons. The quantitative estimate of drug-likeness (QED) is 0.653. The summed E-state index contributed by atoms with van der Waals surface area (Å²) in [6.45, 7) is 5.76. The van der Waals surface area contributed by atoms with Gasteiger partial charge in [0.05, 0.1) is 0 Å². The molecule has 1 aromatic rings. The van der Waals surface area contributed by atoms with E-state index in [0.717, 1.165) is 0 Å². The highest BCUT2D eigenvalue weighted by molar-refractivity contribution is 5.51. The Labute approximate surface area is 78.1 Å². The van der Waals surface area contributed by atoms with Crippen molar-refractivity contribution in [1.82, 2.24) is 0 Å². The Morgan fingerprint density at radius 1 is 1.31 bits per heavy atom. The molecule has 0 spiro atoms. The predicted molar refractivity (Wildman–Crippen MR) is 52.9 cm³/mol. The fourth-order valence-electron chi connectivity index (χ4n) is 0.951. The normalized spacial score (nSPS) is 11.3. The van der Waals surface area contributed by atoms with E-state index in [-0.39, 0.29) is 11.4 Å². The fraction of sp³-hybridized carbons (Fsp3) is 0.400. The number of benzene rings is 1. The van der Waals surface area contributed by atoms with Crippen molar-refractivity contribution in [3.63, 3.8) is 0 Å². The van der Waals surface area contributed by atoms with Gasteiger partial charge in [0.2, 0.25) is 0 Å². The lowest BCUT2D eigenvalue weighted by atomic mass is 10.2. The number of hydrogen-bond acceptors (Lipinski definition) is 3. The summed E-state index contributed by atoms with van der Waals surface area (Å²) >= 11 is 0. The smallest absolute Gasteiger partial charge is 0.161 e. The number of hydrogen-bond donors (Lipinski definition) is 2. The predicted octanol–water partition coefficient (Wildman–Crippen LogP) is 2.15. The molecule has 0 radical (unpaired) electrons. The second kappa shape index (κ2) is 3.17. The highest BCUT2D eigenvalue weighted by Gasteiger charge is 2.14. The van der Waals surface area contributed by atoms with Gasteiger partial charge in [0, 0.05) is 11.8 Å². The van der Waals surface area contributed by atoms with Crippen LogP contribution in [0.25, 0.3) is 0 Å². The maximum Gasteiger partial charge on any atom is 0.161 e. The Morgan fingerprint density at radius 3 is 2.38 bits per heavy atom. The van der Waals surface area contributed by atoms with Crippen LogP contribution >= 0.6 is 0 Å². The lowest BCUT2D eigenvalue weighted by molar-refractivity contribution is 0.126. The van der Waals surface area contributed by atoms with Crippen molar-refractivity contribution in [2.24, 2.45) is 0 Å². The Bertz CT molecular complexity index is 302. The number of rotatable bonds is 1. The largest absolute Gasteiger partial charge is 0.504 e. The Morgan fingerprint density at radius 2 is 1.92 bits per heavy atom. The Kier molecular flexibility index (Phi) is 2.36. The molecule has 3 nitrogen and oxygen atoms in total. The van der Waals surface area contributed by atoms with Crippen molar-refractivity contribution in [2.75, 3.05) is 5.73 Å². The molecule has 0 atom stereocenters. The maximum atomic E-state index is 9.45. The van der Waals surface area contributed by atoms with Gasteiger partial charge in [-0.05, 0) is 32.9 Å². The lowest BCUT2D eigenvalue weighted by Crippen LogP contribution is -2.22. The van der Waals surface area contributed by atoms with Crippen molar-refractivity contribution < 1.29 is 9.84 Å². The first-order valence-electron chi connectivity index (χ1n) is 4.16. The molecule has 0 saturated heterocycles. The van der Waals surface area contributed by atoms with E-state index in [9.17, 15) is 5.11 Å². The number of aromatic hydroxyl groups is 1. The summed E-state index contributed by atoms with van der Waals surface area (Å²) in [6, 6.07) is 4.83. The number of phenols is 1. The van der Waals surface area contributed by atoms with E-state index in [4.69, 9.17) is 10.5 Å². The summed E-state index contributed by atoms with van der Waals surface area (Å²) in [5.41, 5.74) is 5.69. The van der Waals surface area contributed by atoms with Crippen molar-refractivity contribution in [2.45, 2.75) is 26.4 Å². The van der Waals surface area contributed by atoms with Crippen molar-refractivity contribution in [1.29, 1.82) is 0 Å². The summed E-state index contributed by atoms with van der Waals surface area (Å²) in [5.74, 6) is 0.539. The van der Waals surface area contributed by atoms with Crippen LogP contribution in [0, 0.1) is 0 Å². The van der Waals surface area contributed by atoms with E-state index in [0.29, 0.717) is 11.4 Å². The third kappa shape index (κ3) is 2.86. The average molecular weight is 181 g/mol. The molecule has 3 N–H and O–H groups in total. The monoisotopic (exact) mass is 181 g/mol. The molecule has 1 rings (SSSR count). The maximum absolute atomic E-state index is 9.45. The number of anilines is 1. The molecule has 1 aromatic carbocycles. The molecule has 0 amide bonds. The molecular weight excluding hydrogens is 166 g/mol. The minimum atomic E-state index is -0.312. The molecule has 0 aliphatic heterocycles. The molecule has 0 bridgehead atoms. The minimum Gasteiger partial charge on any atom is -0.504 e. The highest BCUT2D eigenvalue weighted by atomic mass is 16.5. The first-order chi connectivity index (χ1) is 5.88. The topological polar surface area (TPSA) is 55.5 Å². The summed E-state index contributed by atoms with van der Waals surface area (Å²) in [5, 5.41) is 9.45. The minimum absolute atomic E-state index is 0.0786. The van der Waals surface area contributed by atoms with Gasteiger partial charge in [0.15, 0.2) is 11.5 Å². The van der Waals surface area contributed by atoms with Crippen LogP contribution in [0.4, 0.5) is 5.69 Å². The molecule has 0 unspecified atom stereocenters. The van der Waals surface area contributed by atoms with Crippen LogP contribution in [-0.2, 0) is 0 Å². The highest BCUT2D eigenvalue weighted by Crippen LogP contribution is 2.30. The van der Waals surface area contributed by atoms with Gasteiger partial charge in [-0.3, -0.25) is 0 Å². The fourth-order valence-corrected chi connectivity index (χ4v) is 0.951. The van der Waals surface area contributed by atoms with E-state index < -0.39 is 0 Å². The molecular formula is C10H15NO2. The SMILES string of the molecule is CC(C)(C)Oc1ccc(N)cc1O. The van der Waals surface area contributed by atoms with Crippen LogP contribution in [-0.4, -0.2) is 10.7 Å². The Hall–Kier alpha value is -1.38. The molecule has 0 aromatic heterocycles. The van der Waals surface area contributed by atoms with E-state index in [2.05, 4.69) is 0 Å². The van der Waals surface area contributed by atoms with Gasteiger partial charge in [-0.2, -0.15) is 0 Å². The van der Waals surface area contributed by atoms with Crippen LogP contribution in [0.3, 0.4) is 0 Å². The second-order valence-electron chi connectivity index (χ2n) is 3.94. The first kappa shape index (κ1) is 9.71.